The van der Waals surface area contributed by atoms with Gasteiger partial charge in [0, 0.05) is 0 Å². The van der Waals surface area contributed by atoms with Gasteiger partial charge >= 0.3 is 16.8 Å². The van der Waals surface area contributed by atoms with E-state index < -0.39 is 0 Å². The topological polar surface area (TPSA) is 229 Å². The molecule has 0 fully saturated rings. The zero-order chi connectivity index (χ0) is 14.1. The first-order chi connectivity index (χ1) is 7.24. The van der Waals surface area contributed by atoms with Crippen molar-refractivity contribution in [2.24, 2.45) is 16.0 Å². The van der Waals surface area contributed by atoms with E-state index in [9.17, 15) is 0 Å². The minimum atomic E-state index is 0. The van der Waals surface area contributed by atoms with Gasteiger partial charge in [0.25, 0.3) is 0 Å². The minimum absolute atomic E-state index is 0. The van der Waals surface area contributed by atoms with Crippen LogP contribution in [0.25, 0.3) is 17.2 Å². The van der Waals surface area contributed by atoms with Gasteiger partial charge in [0.1, 0.15) is 0 Å². The first-order valence-corrected chi connectivity index (χ1v) is 2.60. The molecule has 0 atom stereocenters. The Bertz CT molecular complexity index is 65.0. The average Bonchev–Trinajstić information content (AvgIpc) is 2.29. The molecule has 0 unspecified atom stereocenters. The van der Waals surface area contributed by atoms with Crippen LogP contribution in [0.1, 0.15) is 0 Å². The minimum Gasteiger partial charge on any atom is -0.680 e. The van der Waals surface area contributed by atoms with Crippen LogP contribution in [0, 0.1) is 30.3 Å². The quantitative estimate of drug-likeness (QED) is 0.479. The van der Waals surface area contributed by atoms with Gasteiger partial charge in [-0.3, -0.25) is 0 Å². The van der Waals surface area contributed by atoms with E-state index in [1.807, 2.05) is 0 Å². The van der Waals surface area contributed by atoms with E-state index >= 15 is 0 Å². The molecule has 13 heteroatoms. The van der Waals surface area contributed by atoms with Crippen molar-refractivity contribution in [1.29, 1.82) is 0 Å². The van der Waals surface area contributed by atoms with Gasteiger partial charge in [-0.2, -0.15) is 21.1 Å². The van der Waals surface area contributed by atoms with Crippen molar-refractivity contribution < 1.29 is 16.8 Å². The summed E-state index contributed by atoms with van der Waals surface area (Å²) in [6.45, 7) is 0. The van der Waals surface area contributed by atoms with Crippen LogP contribution in [-0.2, 0) is 16.8 Å². The number of nitrogens with zero attached hydrogens (tertiary/aromatic N) is 3. The summed E-state index contributed by atoms with van der Waals surface area (Å²) < 4.78 is 0. The fourth-order valence-electron chi connectivity index (χ4n) is 0. The molecule has 0 aromatic heterocycles. The fraction of sp³-hybridized carbons (Fsp3) is 1.00. The summed E-state index contributed by atoms with van der Waals surface area (Å²) in [6, 6.07) is 0. The van der Waals surface area contributed by atoms with Crippen molar-refractivity contribution in [3.63, 3.8) is 0 Å². The smallest absolute Gasteiger partial charge is 0.680 e. The van der Waals surface area contributed by atoms with E-state index in [0.29, 0.717) is 0 Å². The number of rotatable bonds is 0. The number of hydrogen-bond acceptors (Lipinski definition) is 9. The van der Waals surface area contributed by atoms with Gasteiger partial charge in [0.2, 0.25) is 0 Å². The van der Waals surface area contributed by atoms with E-state index in [1.54, 1.807) is 0 Å². The molecule has 0 aliphatic rings. The summed E-state index contributed by atoms with van der Waals surface area (Å²) >= 11 is 0. The Morgan fingerprint density at radius 1 is 0.625 bits per heavy atom. The van der Waals surface area contributed by atoms with Crippen LogP contribution in [0.2, 0.25) is 0 Å². The molecule has 102 valence electrons. The van der Waals surface area contributed by atoms with Crippen LogP contribution in [0.4, 0.5) is 0 Å². The second kappa shape index (κ2) is 855. The normalized spacial score (nSPS) is 3.38. The molecule has 3 N–H and O–H groups in total. The SMILES string of the molecule is C[NH-].C[NH-].C[NH-].O=N[O-].O=N[O-].O=N[O-].[Co+3]. The molecular formula is C3H12CoN6O6-3. The van der Waals surface area contributed by atoms with Crippen LogP contribution >= 0.6 is 0 Å². The first-order valence-electron chi connectivity index (χ1n) is 2.60. The number of hydrogen-bond donors (Lipinski definition) is 0. The monoisotopic (exact) mass is 287 g/mol. The Hall–Kier alpha value is -1.41. The Morgan fingerprint density at radius 3 is 0.625 bits per heavy atom. The van der Waals surface area contributed by atoms with Gasteiger partial charge in [-0.15, -0.1) is 16.0 Å². The van der Waals surface area contributed by atoms with Crippen LogP contribution in [-0.4, -0.2) is 21.1 Å². The third-order valence-corrected chi connectivity index (χ3v) is 0. The summed E-state index contributed by atoms with van der Waals surface area (Å²) in [7, 11) is 3.75. The average molecular weight is 287 g/mol. The maximum absolute atomic E-state index is 8.00. The summed E-state index contributed by atoms with van der Waals surface area (Å²) in [5.41, 5.74) is 17.2. The van der Waals surface area contributed by atoms with Crippen molar-refractivity contribution in [3.05, 3.63) is 47.5 Å². The van der Waals surface area contributed by atoms with Crippen molar-refractivity contribution >= 4 is 0 Å². The molecule has 0 amide bonds. The van der Waals surface area contributed by atoms with E-state index in [4.69, 9.17) is 47.5 Å². The van der Waals surface area contributed by atoms with Crippen molar-refractivity contribution in [3.8, 4) is 0 Å². The van der Waals surface area contributed by atoms with Gasteiger partial charge in [0.15, 0.2) is 0 Å². The van der Waals surface area contributed by atoms with Crippen molar-refractivity contribution in [2.45, 2.75) is 0 Å². The maximum Gasteiger partial charge on any atom is 3.00 e. The molecule has 16 heavy (non-hydrogen) atoms. The summed E-state index contributed by atoms with van der Waals surface area (Å²) in [6.07, 6.45) is 0. The second-order valence-electron chi connectivity index (χ2n) is 0.224. The Labute approximate surface area is 102 Å². The maximum atomic E-state index is 8.00. The van der Waals surface area contributed by atoms with E-state index in [1.165, 1.54) is 21.1 Å². The molecule has 0 aromatic rings. The van der Waals surface area contributed by atoms with Gasteiger partial charge in [-0.1, -0.05) is 0 Å². The van der Waals surface area contributed by atoms with Crippen molar-refractivity contribution in [1.82, 2.24) is 0 Å². The van der Waals surface area contributed by atoms with Crippen LogP contribution in [0.3, 0.4) is 0 Å². The predicted molar refractivity (Wildman–Crippen MR) is 58.2 cm³/mol. The van der Waals surface area contributed by atoms with Gasteiger partial charge < -0.3 is 47.5 Å². The third-order valence-electron chi connectivity index (χ3n) is 0. The molecule has 0 radical (unpaired) electrons. The van der Waals surface area contributed by atoms with Crippen molar-refractivity contribution in [2.75, 3.05) is 21.1 Å². The molecule has 0 spiro atoms. The molecular weight excluding hydrogens is 275 g/mol. The van der Waals surface area contributed by atoms with Crippen LogP contribution in [0.15, 0.2) is 16.0 Å². The Kier molecular flexibility index (Phi) is 2500. The zero-order valence-electron chi connectivity index (χ0n) is 8.62. The zero-order valence-corrected chi connectivity index (χ0v) is 9.67. The molecule has 0 rings (SSSR count). The van der Waals surface area contributed by atoms with E-state index in [-0.39, 0.29) is 16.8 Å². The molecule has 0 bridgehead atoms. The molecule has 0 aliphatic heterocycles. The fourth-order valence-corrected chi connectivity index (χ4v) is 0. The van der Waals surface area contributed by atoms with Crippen LogP contribution in [0.5, 0.6) is 0 Å². The molecule has 0 saturated heterocycles. The van der Waals surface area contributed by atoms with E-state index in [0.717, 1.165) is 16.0 Å². The molecule has 0 saturated carbocycles. The van der Waals surface area contributed by atoms with E-state index in [2.05, 4.69) is 0 Å². The third kappa shape index (κ3) is 846. The number of nitrogens with one attached hydrogen (secondary N) is 3. The summed E-state index contributed by atoms with van der Waals surface area (Å²) in [5, 5.41) is 27.0. The summed E-state index contributed by atoms with van der Waals surface area (Å²) in [5.74, 6) is 0. The molecule has 0 heterocycles. The summed E-state index contributed by atoms with van der Waals surface area (Å²) in [4.78, 5) is 24.0. The standard InChI is InChI=1S/3CH4N.Co.3HNO2/c3*1-2;;3*2-1-3/h3*2H,1H3;;3*(H,2,3)/q3*-1;+3;;;/p-3. The van der Waals surface area contributed by atoms with Crippen LogP contribution < -0.4 is 0 Å². The first kappa shape index (κ1) is 46.8. The van der Waals surface area contributed by atoms with Gasteiger partial charge in [-0.05, 0) is 0 Å². The molecule has 0 aliphatic carbocycles. The van der Waals surface area contributed by atoms with Gasteiger partial charge in [0.05, 0.1) is 0 Å². The molecule has 0 aromatic carbocycles. The predicted octanol–water partition coefficient (Wildman–Crippen LogP) is 2.75. The largest absolute Gasteiger partial charge is 3.00 e. The Balaban J connectivity index is -0.0000000122. The second-order valence-corrected chi connectivity index (χ2v) is 0.224. The Morgan fingerprint density at radius 2 is 0.625 bits per heavy atom. The van der Waals surface area contributed by atoms with Gasteiger partial charge in [-0.25, -0.2) is 0 Å². The molecule has 12 nitrogen and oxygen atoms in total.